The van der Waals surface area contributed by atoms with E-state index in [9.17, 15) is 4.79 Å². The van der Waals surface area contributed by atoms with Crippen molar-refractivity contribution in [2.75, 3.05) is 63.4 Å². The standard InChI is InChI=1S/C26H40N8O3/c1-18(27-5)20(15-29-17-33(8)25(35)37-26(2,3)4)22-30-23(32(7)16-19-9-10-19)21(28-6)24(31-22)34-11-13-36-14-12-34/h15,19H,5-6,9-14,16-17H2,1-4,7-8H3/b20-18+,29-15-. The van der Waals surface area contributed by atoms with Crippen molar-refractivity contribution in [2.45, 2.75) is 46.1 Å². The zero-order valence-corrected chi connectivity index (χ0v) is 23.0. The first kappa shape index (κ1) is 28.2. The molecule has 0 unspecified atom stereocenters. The number of carbonyl (C=O) groups is 1. The Labute approximate surface area is 220 Å². The highest BCUT2D eigenvalue weighted by atomic mass is 16.6. The number of rotatable bonds is 10. The third-order valence-electron chi connectivity index (χ3n) is 5.99. The first-order valence-electron chi connectivity index (χ1n) is 12.6. The third kappa shape index (κ3) is 7.82. The van der Waals surface area contributed by atoms with Crippen LogP contribution in [0.1, 0.15) is 46.4 Å². The predicted octanol–water partition coefficient (Wildman–Crippen LogP) is 3.82. The van der Waals surface area contributed by atoms with Crippen molar-refractivity contribution in [1.29, 1.82) is 0 Å². The fourth-order valence-electron chi connectivity index (χ4n) is 3.78. The van der Waals surface area contributed by atoms with Gasteiger partial charge in [-0.3, -0.25) is 19.9 Å². The quantitative estimate of drug-likeness (QED) is 0.439. The second-order valence-electron chi connectivity index (χ2n) is 10.4. The van der Waals surface area contributed by atoms with Crippen LogP contribution in [0.5, 0.6) is 0 Å². The van der Waals surface area contributed by atoms with Crippen molar-refractivity contribution in [3.63, 3.8) is 0 Å². The normalized spacial score (nSPS) is 16.9. The topological polar surface area (TPSA) is 108 Å². The Morgan fingerprint density at radius 2 is 1.89 bits per heavy atom. The van der Waals surface area contributed by atoms with Crippen LogP contribution in [0.2, 0.25) is 0 Å². The van der Waals surface area contributed by atoms with E-state index in [0.29, 0.717) is 66.6 Å². The lowest BCUT2D eigenvalue weighted by Crippen LogP contribution is -2.37. The van der Waals surface area contributed by atoms with Gasteiger partial charge < -0.3 is 19.3 Å². The highest BCUT2D eigenvalue weighted by Gasteiger charge is 2.28. The molecule has 0 N–H and O–H groups in total. The molecular weight excluding hydrogens is 472 g/mol. The Balaban J connectivity index is 1.99. The molecule has 0 bridgehead atoms. The average Bonchev–Trinajstić information content (AvgIpc) is 3.68. The molecule has 11 heteroatoms. The molecule has 3 rings (SSSR count). The molecule has 1 aromatic rings. The maximum absolute atomic E-state index is 12.3. The largest absolute Gasteiger partial charge is 0.444 e. The summed E-state index contributed by atoms with van der Waals surface area (Å²) in [6.45, 7) is 18.4. The average molecular weight is 513 g/mol. The van der Waals surface area contributed by atoms with Crippen LogP contribution in [0.4, 0.5) is 22.1 Å². The number of morpholine rings is 1. The van der Waals surface area contributed by atoms with Crippen molar-refractivity contribution in [3.05, 3.63) is 11.5 Å². The van der Waals surface area contributed by atoms with Crippen LogP contribution in [0.3, 0.4) is 0 Å². The van der Waals surface area contributed by atoms with E-state index in [-0.39, 0.29) is 6.67 Å². The molecule has 2 heterocycles. The van der Waals surface area contributed by atoms with Crippen molar-refractivity contribution >= 4 is 48.6 Å². The van der Waals surface area contributed by atoms with Gasteiger partial charge in [0.15, 0.2) is 17.5 Å². The second-order valence-corrected chi connectivity index (χ2v) is 10.4. The molecule has 2 fully saturated rings. The lowest BCUT2D eigenvalue weighted by Gasteiger charge is -2.30. The lowest BCUT2D eigenvalue weighted by atomic mass is 10.2. The van der Waals surface area contributed by atoms with Gasteiger partial charge in [0.05, 0.1) is 18.8 Å². The number of aromatic nitrogens is 2. The van der Waals surface area contributed by atoms with Gasteiger partial charge in [0.25, 0.3) is 0 Å². The predicted molar refractivity (Wildman–Crippen MR) is 150 cm³/mol. The van der Waals surface area contributed by atoms with Gasteiger partial charge in [-0.05, 0) is 59.9 Å². The van der Waals surface area contributed by atoms with E-state index in [0.717, 1.165) is 6.54 Å². The molecule has 2 aliphatic rings. The molecule has 11 nitrogen and oxygen atoms in total. The van der Waals surface area contributed by atoms with Gasteiger partial charge in [-0.1, -0.05) is 0 Å². The van der Waals surface area contributed by atoms with Gasteiger partial charge in [-0.25, -0.2) is 14.8 Å². The van der Waals surface area contributed by atoms with Crippen LogP contribution in [0, 0.1) is 5.92 Å². The maximum atomic E-state index is 12.3. The molecule has 1 saturated heterocycles. The molecule has 1 saturated carbocycles. The summed E-state index contributed by atoms with van der Waals surface area (Å²) in [6.07, 6.45) is 3.62. The molecular formula is C26H40N8O3. The van der Waals surface area contributed by atoms with Crippen LogP contribution >= 0.6 is 0 Å². The lowest BCUT2D eigenvalue weighted by molar-refractivity contribution is 0.0304. The monoisotopic (exact) mass is 512 g/mol. The third-order valence-corrected chi connectivity index (χ3v) is 5.99. The number of anilines is 2. The van der Waals surface area contributed by atoms with Gasteiger partial charge in [-0.2, -0.15) is 0 Å². The molecule has 0 radical (unpaired) electrons. The first-order chi connectivity index (χ1) is 17.5. The van der Waals surface area contributed by atoms with Crippen molar-refractivity contribution in [3.8, 4) is 0 Å². The van der Waals surface area contributed by atoms with Gasteiger partial charge >= 0.3 is 6.09 Å². The number of allylic oxidation sites excluding steroid dienone is 2. The number of nitrogens with zero attached hydrogens (tertiary/aromatic N) is 8. The number of carbonyl (C=O) groups excluding carboxylic acids is 1. The molecule has 0 spiro atoms. The minimum atomic E-state index is -0.586. The highest BCUT2D eigenvalue weighted by Crippen LogP contribution is 2.39. The van der Waals surface area contributed by atoms with Gasteiger partial charge in [0.2, 0.25) is 0 Å². The van der Waals surface area contributed by atoms with Gasteiger partial charge in [-0.15, -0.1) is 0 Å². The second kappa shape index (κ2) is 12.3. The van der Waals surface area contributed by atoms with Crippen LogP contribution < -0.4 is 9.80 Å². The molecule has 1 aliphatic heterocycles. The number of aliphatic imine (C=N–C) groups is 3. The fourth-order valence-corrected chi connectivity index (χ4v) is 3.78. The molecule has 0 aromatic carbocycles. The van der Waals surface area contributed by atoms with Crippen LogP contribution in [0.15, 0.2) is 20.7 Å². The number of hydrogen-bond acceptors (Lipinski definition) is 10. The SMILES string of the molecule is C=N/C(C)=C(\C=N/CN(C)C(=O)OC(C)(C)C)c1nc(N(C)CC2CC2)c(N=C)c(N2CCOCC2)n1. The maximum Gasteiger partial charge on any atom is 0.411 e. The highest BCUT2D eigenvalue weighted by molar-refractivity contribution is 6.10. The molecule has 37 heavy (non-hydrogen) atoms. The summed E-state index contributed by atoms with van der Waals surface area (Å²) >= 11 is 0. The summed E-state index contributed by atoms with van der Waals surface area (Å²) in [7, 11) is 3.66. The summed E-state index contributed by atoms with van der Waals surface area (Å²) in [5, 5.41) is 0. The Hall–Kier alpha value is -3.34. The van der Waals surface area contributed by atoms with E-state index in [1.165, 1.54) is 17.7 Å². The number of amides is 1. The van der Waals surface area contributed by atoms with Gasteiger partial charge in [0.1, 0.15) is 18.0 Å². The Morgan fingerprint density at radius 1 is 1.22 bits per heavy atom. The number of ether oxygens (including phenoxy) is 2. The first-order valence-corrected chi connectivity index (χ1v) is 12.6. The van der Waals surface area contributed by atoms with E-state index in [4.69, 9.17) is 19.4 Å². The van der Waals surface area contributed by atoms with Crippen LogP contribution in [0.25, 0.3) is 5.57 Å². The molecule has 0 atom stereocenters. The molecule has 1 aliphatic carbocycles. The van der Waals surface area contributed by atoms with Crippen LogP contribution in [-0.4, -0.2) is 99.8 Å². The Morgan fingerprint density at radius 3 is 2.46 bits per heavy atom. The zero-order valence-electron chi connectivity index (χ0n) is 23.0. The smallest absolute Gasteiger partial charge is 0.411 e. The van der Waals surface area contributed by atoms with E-state index in [1.807, 2.05) is 34.7 Å². The van der Waals surface area contributed by atoms with E-state index in [2.05, 4.69) is 38.2 Å². The summed E-state index contributed by atoms with van der Waals surface area (Å²) in [4.78, 5) is 40.8. The fraction of sp³-hybridized carbons (Fsp3) is 0.615. The van der Waals surface area contributed by atoms with Crippen molar-refractivity contribution in [2.24, 2.45) is 20.9 Å². The zero-order chi connectivity index (χ0) is 27.2. The van der Waals surface area contributed by atoms with E-state index < -0.39 is 11.7 Å². The summed E-state index contributed by atoms with van der Waals surface area (Å²) < 4.78 is 11.0. The minimum Gasteiger partial charge on any atom is -0.444 e. The van der Waals surface area contributed by atoms with Crippen molar-refractivity contribution in [1.82, 2.24) is 14.9 Å². The number of hydrogen-bond donors (Lipinski definition) is 0. The molecule has 202 valence electrons. The molecule has 1 aromatic heterocycles. The summed E-state index contributed by atoms with van der Waals surface area (Å²) in [5.74, 6) is 2.53. The van der Waals surface area contributed by atoms with Gasteiger partial charge in [0, 0.05) is 45.6 Å². The summed E-state index contributed by atoms with van der Waals surface area (Å²) in [5.41, 5.74) is 1.29. The van der Waals surface area contributed by atoms with E-state index in [1.54, 1.807) is 13.3 Å². The Kier molecular flexibility index (Phi) is 9.36. The van der Waals surface area contributed by atoms with Crippen LogP contribution in [-0.2, 0) is 9.47 Å². The minimum absolute atomic E-state index is 0.0971. The summed E-state index contributed by atoms with van der Waals surface area (Å²) in [6, 6.07) is 0. The van der Waals surface area contributed by atoms with Crippen molar-refractivity contribution < 1.29 is 14.3 Å². The molecule has 1 amide bonds. The van der Waals surface area contributed by atoms with E-state index >= 15 is 0 Å². The Bertz CT molecular complexity index is 1050.